The van der Waals surface area contributed by atoms with Crippen molar-refractivity contribution in [2.24, 2.45) is 0 Å². The molecule has 2 heterocycles. The van der Waals surface area contributed by atoms with E-state index < -0.39 is 12.0 Å². The van der Waals surface area contributed by atoms with E-state index in [0.717, 1.165) is 18.5 Å². The minimum absolute atomic E-state index is 0.0580. The first kappa shape index (κ1) is 15.6. The molecule has 0 atom stereocenters. The lowest BCUT2D eigenvalue weighted by molar-refractivity contribution is -0.144. The summed E-state index contributed by atoms with van der Waals surface area (Å²) in [5.41, 5.74) is 0.997. The summed E-state index contributed by atoms with van der Waals surface area (Å²) in [6.45, 7) is 0. The number of H-pyrrole nitrogens is 1. The second-order valence-electron chi connectivity index (χ2n) is 5.79. The van der Waals surface area contributed by atoms with Gasteiger partial charge in [-0.1, -0.05) is 6.42 Å². The molecule has 0 bridgehead atoms. The van der Waals surface area contributed by atoms with E-state index in [1.54, 1.807) is 14.1 Å². The van der Waals surface area contributed by atoms with Crippen LogP contribution < -0.4 is 10.2 Å². The molecule has 0 unspecified atom stereocenters. The molecule has 3 rings (SSSR count). The lowest BCUT2D eigenvalue weighted by atomic mass is 9.83. The number of hydrogen-bond donors (Lipinski definition) is 2. The minimum atomic E-state index is -4.61. The normalized spacial score (nSPS) is 15.3. The third kappa shape index (κ3) is 3.38. The molecule has 9 heteroatoms. The SMILES string of the molecule is CN(C)c1cc(Nc2cc(C3CCC3)[nH]n2)nc(C(F)(F)F)n1. The van der Waals surface area contributed by atoms with Crippen LogP contribution in [0.1, 0.15) is 36.7 Å². The third-order valence-corrected chi connectivity index (χ3v) is 3.82. The molecule has 0 aliphatic heterocycles. The minimum Gasteiger partial charge on any atom is -0.363 e. The third-order valence-electron chi connectivity index (χ3n) is 3.82. The van der Waals surface area contributed by atoms with Gasteiger partial charge in [0.2, 0.25) is 5.82 Å². The van der Waals surface area contributed by atoms with Gasteiger partial charge < -0.3 is 10.2 Å². The first-order chi connectivity index (χ1) is 10.8. The monoisotopic (exact) mass is 326 g/mol. The van der Waals surface area contributed by atoms with Gasteiger partial charge in [0, 0.05) is 37.8 Å². The van der Waals surface area contributed by atoms with E-state index in [1.807, 2.05) is 6.07 Å². The highest BCUT2D eigenvalue weighted by molar-refractivity contribution is 5.57. The predicted molar refractivity (Wildman–Crippen MR) is 79.8 cm³/mol. The molecule has 0 amide bonds. The summed E-state index contributed by atoms with van der Waals surface area (Å²) in [5.74, 6) is -0.0387. The van der Waals surface area contributed by atoms with E-state index >= 15 is 0 Å². The summed E-state index contributed by atoms with van der Waals surface area (Å²) in [6.07, 6.45) is -1.19. The summed E-state index contributed by atoms with van der Waals surface area (Å²) < 4.78 is 38.8. The van der Waals surface area contributed by atoms with Crippen molar-refractivity contribution in [1.29, 1.82) is 0 Å². The molecule has 1 aliphatic rings. The van der Waals surface area contributed by atoms with Gasteiger partial charge in [0.25, 0.3) is 0 Å². The van der Waals surface area contributed by atoms with Crippen LogP contribution in [-0.2, 0) is 6.18 Å². The van der Waals surface area contributed by atoms with Crippen molar-refractivity contribution >= 4 is 17.5 Å². The Labute approximate surface area is 131 Å². The standard InChI is InChI=1S/C14H17F3N6/c1-23(2)12-7-10(19-13(20-12)14(15,16)17)18-11-6-9(21-22-11)8-4-3-5-8/h6-8H,3-5H2,1-2H3,(H2,18,19,20,21,22). The first-order valence-corrected chi connectivity index (χ1v) is 7.29. The van der Waals surface area contributed by atoms with E-state index in [9.17, 15) is 13.2 Å². The van der Waals surface area contributed by atoms with Gasteiger partial charge in [0.15, 0.2) is 5.82 Å². The molecule has 0 aromatic carbocycles. The van der Waals surface area contributed by atoms with Gasteiger partial charge in [-0.25, -0.2) is 9.97 Å². The number of anilines is 3. The van der Waals surface area contributed by atoms with Gasteiger partial charge in [-0.2, -0.15) is 18.3 Å². The highest BCUT2D eigenvalue weighted by atomic mass is 19.4. The maximum atomic E-state index is 12.9. The largest absolute Gasteiger partial charge is 0.451 e. The number of rotatable bonds is 4. The Hall–Kier alpha value is -2.32. The van der Waals surface area contributed by atoms with E-state index in [1.165, 1.54) is 17.4 Å². The van der Waals surface area contributed by atoms with Gasteiger partial charge >= 0.3 is 6.18 Å². The van der Waals surface area contributed by atoms with Crippen molar-refractivity contribution in [3.8, 4) is 0 Å². The number of aromatic amines is 1. The van der Waals surface area contributed by atoms with Crippen molar-refractivity contribution < 1.29 is 13.2 Å². The van der Waals surface area contributed by atoms with Crippen LogP contribution in [0.4, 0.5) is 30.6 Å². The van der Waals surface area contributed by atoms with Gasteiger partial charge in [-0.3, -0.25) is 5.10 Å². The summed E-state index contributed by atoms with van der Waals surface area (Å²) in [4.78, 5) is 8.56. The molecule has 1 aliphatic carbocycles. The van der Waals surface area contributed by atoms with Crippen LogP contribution in [0.3, 0.4) is 0 Å². The first-order valence-electron chi connectivity index (χ1n) is 7.29. The van der Waals surface area contributed by atoms with Gasteiger partial charge in [-0.15, -0.1) is 0 Å². The van der Waals surface area contributed by atoms with Crippen molar-refractivity contribution in [3.05, 3.63) is 23.7 Å². The Balaban J connectivity index is 1.86. The van der Waals surface area contributed by atoms with Crippen LogP contribution in [0.15, 0.2) is 12.1 Å². The number of nitrogens with one attached hydrogen (secondary N) is 2. The quantitative estimate of drug-likeness (QED) is 0.902. The maximum Gasteiger partial charge on any atom is 0.451 e. The molecule has 2 N–H and O–H groups in total. The number of nitrogens with zero attached hydrogens (tertiary/aromatic N) is 4. The molecule has 0 radical (unpaired) electrons. The van der Waals surface area contributed by atoms with Gasteiger partial charge in [0.05, 0.1) is 0 Å². The molecule has 6 nitrogen and oxygen atoms in total. The average molecular weight is 326 g/mol. The van der Waals surface area contributed by atoms with Crippen LogP contribution in [-0.4, -0.2) is 34.3 Å². The average Bonchev–Trinajstić information content (AvgIpc) is 2.83. The highest BCUT2D eigenvalue weighted by Gasteiger charge is 2.35. The van der Waals surface area contributed by atoms with E-state index in [0.29, 0.717) is 11.7 Å². The summed E-state index contributed by atoms with van der Waals surface area (Å²) >= 11 is 0. The number of alkyl halides is 3. The van der Waals surface area contributed by atoms with E-state index in [2.05, 4.69) is 25.5 Å². The molecule has 2 aromatic rings. The second kappa shape index (κ2) is 5.71. The Morgan fingerprint density at radius 2 is 1.91 bits per heavy atom. The highest BCUT2D eigenvalue weighted by Crippen LogP contribution is 2.36. The number of halogens is 3. The molecule has 1 fully saturated rings. The molecule has 124 valence electrons. The molecule has 0 saturated heterocycles. The molecule has 23 heavy (non-hydrogen) atoms. The van der Waals surface area contributed by atoms with Crippen molar-refractivity contribution in [3.63, 3.8) is 0 Å². The lowest BCUT2D eigenvalue weighted by Gasteiger charge is -2.23. The smallest absolute Gasteiger partial charge is 0.363 e. The van der Waals surface area contributed by atoms with Crippen molar-refractivity contribution in [2.75, 3.05) is 24.3 Å². The maximum absolute atomic E-state index is 12.9. The Kier molecular flexibility index (Phi) is 3.87. The summed E-state index contributed by atoms with van der Waals surface area (Å²) in [7, 11) is 3.24. The van der Waals surface area contributed by atoms with Crippen LogP contribution in [0.5, 0.6) is 0 Å². The Morgan fingerprint density at radius 1 is 1.17 bits per heavy atom. The van der Waals surface area contributed by atoms with Crippen LogP contribution >= 0.6 is 0 Å². The van der Waals surface area contributed by atoms with Gasteiger partial charge in [-0.05, 0) is 12.8 Å². The zero-order valence-corrected chi connectivity index (χ0v) is 12.8. The molecule has 0 spiro atoms. The van der Waals surface area contributed by atoms with Crippen LogP contribution in [0.25, 0.3) is 0 Å². The topological polar surface area (TPSA) is 69.7 Å². The molecule has 2 aromatic heterocycles. The second-order valence-corrected chi connectivity index (χ2v) is 5.79. The fraction of sp³-hybridized carbons (Fsp3) is 0.500. The van der Waals surface area contributed by atoms with Crippen LogP contribution in [0, 0.1) is 0 Å². The van der Waals surface area contributed by atoms with E-state index in [4.69, 9.17) is 0 Å². The summed E-state index contributed by atoms with van der Waals surface area (Å²) in [5, 5.41) is 9.83. The Morgan fingerprint density at radius 3 is 2.48 bits per heavy atom. The fourth-order valence-electron chi connectivity index (χ4n) is 2.31. The van der Waals surface area contributed by atoms with Crippen molar-refractivity contribution in [2.45, 2.75) is 31.4 Å². The Bertz CT molecular complexity index is 690. The van der Waals surface area contributed by atoms with Gasteiger partial charge in [0.1, 0.15) is 11.6 Å². The zero-order valence-electron chi connectivity index (χ0n) is 12.8. The zero-order chi connectivity index (χ0) is 16.6. The number of aromatic nitrogens is 4. The predicted octanol–water partition coefficient (Wildman–Crippen LogP) is 3.30. The summed E-state index contributed by atoms with van der Waals surface area (Å²) in [6, 6.07) is 3.27. The van der Waals surface area contributed by atoms with Crippen molar-refractivity contribution in [1.82, 2.24) is 20.2 Å². The fourth-order valence-corrected chi connectivity index (χ4v) is 2.31. The number of hydrogen-bond acceptors (Lipinski definition) is 5. The van der Waals surface area contributed by atoms with Crippen LogP contribution in [0.2, 0.25) is 0 Å². The molecular weight excluding hydrogens is 309 g/mol. The lowest BCUT2D eigenvalue weighted by Crippen LogP contribution is -2.17. The molecular formula is C14H17F3N6. The molecule has 1 saturated carbocycles. The van der Waals surface area contributed by atoms with E-state index in [-0.39, 0.29) is 11.6 Å².